The van der Waals surface area contributed by atoms with Gasteiger partial charge in [-0.1, -0.05) is 127 Å². The van der Waals surface area contributed by atoms with Gasteiger partial charge in [0.2, 0.25) is 0 Å². The number of unbranched alkanes of at least 4 members (excludes halogenated alkanes) is 14. The van der Waals surface area contributed by atoms with Crippen molar-refractivity contribution < 1.29 is 9.53 Å². The van der Waals surface area contributed by atoms with Gasteiger partial charge in [-0.05, 0) is 12.0 Å². The molecule has 0 atom stereocenters. The standard InChI is InChI=1S/C25H42O2/c1-2-3-4-5-6-7-8-9-10-11-12-13-14-15-19-22-27-25(26)23-24-20-17-16-18-21-24/h16-18,20-21H,2-15,19,22-23H2,1H3. The Labute approximate surface area is 168 Å². The number of benzene rings is 1. The third kappa shape index (κ3) is 15.4. The van der Waals surface area contributed by atoms with E-state index >= 15 is 0 Å². The minimum atomic E-state index is -0.105. The molecule has 0 heterocycles. The highest BCUT2D eigenvalue weighted by Gasteiger charge is 2.03. The molecule has 1 aromatic carbocycles. The van der Waals surface area contributed by atoms with E-state index in [9.17, 15) is 4.79 Å². The van der Waals surface area contributed by atoms with Crippen LogP contribution in [0.1, 0.15) is 109 Å². The average Bonchev–Trinajstić information content (AvgIpc) is 2.68. The van der Waals surface area contributed by atoms with Crippen LogP contribution in [0.5, 0.6) is 0 Å². The normalized spacial score (nSPS) is 10.9. The van der Waals surface area contributed by atoms with Crippen LogP contribution in [0, 0.1) is 0 Å². The number of carbonyl (C=O) groups excluding carboxylic acids is 1. The zero-order chi connectivity index (χ0) is 19.4. The summed E-state index contributed by atoms with van der Waals surface area (Å²) in [6.45, 7) is 2.85. The molecule has 0 saturated carbocycles. The van der Waals surface area contributed by atoms with Crippen molar-refractivity contribution in [1.29, 1.82) is 0 Å². The van der Waals surface area contributed by atoms with Crippen molar-refractivity contribution in [3.05, 3.63) is 35.9 Å². The van der Waals surface area contributed by atoms with Crippen molar-refractivity contribution in [3.8, 4) is 0 Å². The van der Waals surface area contributed by atoms with Crippen molar-refractivity contribution >= 4 is 5.97 Å². The van der Waals surface area contributed by atoms with Crippen LogP contribution in [-0.2, 0) is 16.0 Å². The first kappa shape index (κ1) is 23.7. The van der Waals surface area contributed by atoms with Gasteiger partial charge in [0.15, 0.2) is 0 Å². The SMILES string of the molecule is CCCCCCCCCCCCCCCCCOC(=O)Cc1ccccc1. The van der Waals surface area contributed by atoms with Crippen LogP contribution in [0.4, 0.5) is 0 Å². The molecule has 0 aliphatic rings. The zero-order valence-electron chi connectivity index (χ0n) is 17.7. The Hall–Kier alpha value is -1.31. The lowest BCUT2D eigenvalue weighted by molar-refractivity contribution is -0.142. The number of ether oxygens (including phenoxy) is 1. The molecule has 1 rings (SSSR count). The van der Waals surface area contributed by atoms with Gasteiger partial charge in [0.05, 0.1) is 13.0 Å². The number of hydrogen-bond donors (Lipinski definition) is 0. The van der Waals surface area contributed by atoms with Crippen LogP contribution in [0.25, 0.3) is 0 Å². The number of carbonyl (C=O) groups is 1. The number of hydrogen-bond acceptors (Lipinski definition) is 2. The van der Waals surface area contributed by atoms with Crippen LogP contribution in [0.3, 0.4) is 0 Å². The first-order valence-electron chi connectivity index (χ1n) is 11.5. The Bertz CT molecular complexity index is 441. The molecule has 2 heteroatoms. The fourth-order valence-corrected chi connectivity index (χ4v) is 3.47. The summed E-state index contributed by atoms with van der Waals surface area (Å²) in [5.41, 5.74) is 1.03. The van der Waals surface area contributed by atoms with Gasteiger partial charge in [0.1, 0.15) is 0 Å². The number of esters is 1. The Balaban J connectivity index is 1.76. The molecular formula is C25H42O2. The molecule has 0 aromatic heterocycles. The van der Waals surface area contributed by atoms with E-state index in [0.717, 1.165) is 12.0 Å². The predicted octanol–water partition coefficient (Wildman–Crippen LogP) is 7.64. The van der Waals surface area contributed by atoms with Crippen LogP contribution in [-0.4, -0.2) is 12.6 Å². The van der Waals surface area contributed by atoms with Crippen molar-refractivity contribution in [1.82, 2.24) is 0 Å². The molecule has 0 aliphatic heterocycles. The van der Waals surface area contributed by atoms with Crippen molar-refractivity contribution in [3.63, 3.8) is 0 Å². The molecule has 0 aliphatic carbocycles. The van der Waals surface area contributed by atoms with E-state index in [1.807, 2.05) is 30.3 Å². The summed E-state index contributed by atoms with van der Waals surface area (Å²) >= 11 is 0. The summed E-state index contributed by atoms with van der Waals surface area (Å²) < 4.78 is 5.32. The largest absolute Gasteiger partial charge is 0.465 e. The highest BCUT2D eigenvalue weighted by molar-refractivity contribution is 5.72. The van der Waals surface area contributed by atoms with Gasteiger partial charge in [0.25, 0.3) is 0 Å². The molecule has 0 N–H and O–H groups in total. The molecular weight excluding hydrogens is 332 g/mol. The molecule has 0 radical (unpaired) electrons. The molecule has 154 valence electrons. The number of rotatable bonds is 18. The minimum Gasteiger partial charge on any atom is -0.465 e. The summed E-state index contributed by atoms with van der Waals surface area (Å²) in [5.74, 6) is -0.105. The molecule has 0 unspecified atom stereocenters. The van der Waals surface area contributed by atoms with E-state index in [2.05, 4.69) is 6.92 Å². The quantitative estimate of drug-likeness (QED) is 0.195. The lowest BCUT2D eigenvalue weighted by Crippen LogP contribution is -2.08. The van der Waals surface area contributed by atoms with Crippen molar-refractivity contribution in [2.24, 2.45) is 0 Å². The average molecular weight is 375 g/mol. The second-order valence-electron chi connectivity index (χ2n) is 7.83. The molecule has 27 heavy (non-hydrogen) atoms. The molecule has 2 nitrogen and oxygen atoms in total. The molecule has 1 aromatic rings. The van der Waals surface area contributed by atoms with E-state index in [0.29, 0.717) is 13.0 Å². The monoisotopic (exact) mass is 374 g/mol. The van der Waals surface area contributed by atoms with Crippen LogP contribution in [0.2, 0.25) is 0 Å². The van der Waals surface area contributed by atoms with Gasteiger partial charge in [0, 0.05) is 0 Å². The van der Waals surface area contributed by atoms with E-state index in [1.165, 1.54) is 89.9 Å². The van der Waals surface area contributed by atoms with Gasteiger partial charge in [-0.25, -0.2) is 0 Å². The van der Waals surface area contributed by atoms with Gasteiger partial charge < -0.3 is 4.74 Å². The Morgan fingerprint density at radius 2 is 1.11 bits per heavy atom. The van der Waals surface area contributed by atoms with Gasteiger partial charge in [-0.15, -0.1) is 0 Å². The smallest absolute Gasteiger partial charge is 0.310 e. The topological polar surface area (TPSA) is 26.3 Å². The lowest BCUT2D eigenvalue weighted by atomic mass is 10.0. The van der Waals surface area contributed by atoms with Crippen molar-refractivity contribution in [2.45, 2.75) is 110 Å². The van der Waals surface area contributed by atoms with E-state index in [4.69, 9.17) is 4.74 Å². The first-order chi connectivity index (χ1) is 13.3. The summed E-state index contributed by atoms with van der Waals surface area (Å²) in [4.78, 5) is 11.7. The third-order valence-corrected chi connectivity index (χ3v) is 5.20. The highest BCUT2D eigenvalue weighted by Crippen LogP contribution is 2.13. The summed E-state index contributed by atoms with van der Waals surface area (Å²) in [7, 11) is 0. The Morgan fingerprint density at radius 1 is 0.667 bits per heavy atom. The van der Waals surface area contributed by atoms with Crippen LogP contribution < -0.4 is 0 Å². The zero-order valence-corrected chi connectivity index (χ0v) is 17.7. The summed E-state index contributed by atoms with van der Waals surface area (Å²) in [6.07, 6.45) is 20.7. The molecule has 0 spiro atoms. The molecule has 0 amide bonds. The second kappa shape index (κ2) is 18.1. The molecule has 0 fully saturated rings. The van der Waals surface area contributed by atoms with Gasteiger partial charge >= 0.3 is 5.97 Å². The fraction of sp³-hybridized carbons (Fsp3) is 0.720. The van der Waals surface area contributed by atoms with E-state index < -0.39 is 0 Å². The van der Waals surface area contributed by atoms with Gasteiger partial charge in [-0.3, -0.25) is 4.79 Å². The van der Waals surface area contributed by atoms with Crippen LogP contribution in [0.15, 0.2) is 30.3 Å². The third-order valence-electron chi connectivity index (χ3n) is 5.20. The highest BCUT2D eigenvalue weighted by atomic mass is 16.5. The first-order valence-corrected chi connectivity index (χ1v) is 11.5. The van der Waals surface area contributed by atoms with E-state index in [1.54, 1.807) is 0 Å². The summed E-state index contributed by atoms with van der Waals surface area (Å²) in [6, 6.07) is 9.81. The Kier molecular flexibility index (Phi) is 15.9. The Morgan fingerprint density at radius 3 is 1.59 bits per heavy atom. The van der Waals surface area contributed by atoms with Gasteiger partial charge in [-0.2, -0.15) is 0 Å². The lowest BCUT2D eigenvalue weighted by Gasteiger charge is -2.05. The van der Waals surface area contributed by atoms with E-state index in [-0.39, 0.29) is 5.97 Å². The van der Waals surface area contributed by atoms with Crippen molar-refractivity contribution in [2.75, 3.05) is 6.61 Å². The fourth-order valence-electron chi connectivity index (χ4n) is 3.47. The maximum atomic E-state index is 11.7. The maximum Gasteiger partial charge on any atom is 0.310 e. The maximum absolute atomic E-state index is 11.7. The second-order valence-corrected chi connectivity index (χ2v) is 7.83. The molecule has 0 saturated heterocycles. The van der Waals surface area contributed by atoms with Crippen LogP contribution >= 0.6 is 0 Å². The molecule has 0 bridgehead atoms. The predicted molar refractivity (Wildman–Crippen MR) is 116 cm³/mol. The minimum absolute atomic E-state index is 0.105. The summed E-state index contributed by atoms with van der Waals surface area (Å²) in [5, 5.41) is 0.